The fraction of sp³-hybridized carbons (Fsp3) is 0.235. The van der Waals surface area contributed by atoms with Crippen molar-refractivity contribution in [3.8, 4) is 0 Å². The number of aliphatic hydroxyl groups excluding tert-OH is 1. The van der Waals surface area contributed by atoms with Crippen LogP contribution in [-0.4, -0.2) is 25.0 Å². The average Bonchev–Trinajstić information content (AvgIpc) is 3.00. The van der Waals surface area contributed by atoms with Gasteiger partial charge < -0.3 is 14.8 Å². The molecule has 0 saturated carbocycles. The second kappa shape index (κ2) is 7.81. The van der Waals surface area contributed by atoms with Crippen LogP contribution in [-0.2, 0) is 11.0 Å². The molecule has 138 valence electrons. The Kier molecular flexibility index (Phi) is 5.69. The molecule has 0 aliphatic carbocycles. The molecule has 0 spiro atoms. The Balaban J connectivity index is 2.04. The van der Waals surface area contributed by atoms with Crippen molar-refractivity contribution in [3.63, 3.8) is 0 Å². The minimum atomic E-state index is -1.55. The first-order valence-electron chi connectivity index (χ1n) is 7.85. The molecule has 0 fully saturated rings. The van der Waals surface area contributed by atoms with Crippen molar-refractivity contribution >= 4 is 43.6 Å². The van der Waals surface area contributed by atoms with Crippen LogP contribution in [0.4, 0.5) is 14.5 Å². The van der Waals surface area contributed by atoms with Crippen molar-refractivity contribution in [1.29, 1.82) is 0 Å². The van der Waals surface area contributed by atoms with Crippen molar-refractivity contribution in [3.05, 3.63) is 57.8 Å². The van der Waals surface area contributed by atoms with E-state index in [9.17, 15) is 18.1 Å². The fourth-order valence-electron chi connectivity index (χ4n) is 2.64. The molecule has 3 rings (SSSR count). The van der Waals surface area contributed by atoms with Crippen molar-refractivity contribution in [2.45, 2.75) is 19.4 Å². The maximum absolute atomic E-state index is 14.8. The van der Waals surface area contributed by atoms with E-state index in [0.29, 0.717) is 33.2 Å². The third-order valence-corrected chi connectivity index (χ3v) is 5.50. The number of pyridine rings is 1. The largest absolute Gasteiger partial charge is 0.383 e. The number of hydrogen-bond acceptors (Lipinski definition) is 3. The number of benzene rings is 1. The number of fused-ring (bicyclic) bond motifs is 1. The highest BCUT2D eigenvalue weighted by Gasteiger charge is 2.25. The zero-order valence-corrected chi connectivity index (χ0v) is 16.1. The first kappa shape index (κ1) is 18.9. The third kappa shape index (κ3) is 3.65. The van der Waals surface area contributed by atoms with E-state index in [-0.39, 0.29) is 5.69 Å². The SMILES string of the molecule is CCCS(=O)Nc1ccc(F)c(C(O)c2c[nH]c3ncc(Br)cc23)c1F. The average molecular weight is 444 g/mol. The lowest BCUT2D eigenvalue weighted by atomic mass is 10.00. The summed E-state index contributed by atoms with van der Waals surface area (Å²) in [7, 11) is -1.49. The Bertz CT molecular complexity index is 980. The molecule has 3 aromatic rings. The summed E-state index contributed by atoms with van der Waals surface area (Å²) in [5.74, 6) is -1.53. The molecule has 0 saturated heterocycles. The molecule has 0 aliphatic heterocycles. The minimum Gasteiger partial charge on any atom is -0.383 e. The molecule has 0 radical (unpaired) electrons. The highest BCUT2D eigenvalue weighted by molar-refractivity contribution is 9.10. The van der Waals surface area contributed by atoms with E-state index in [1.54, 1.807) is 12.3 Å². The van der Waals surface area contributed by atoms with Gasteiger partial charge in [-0.05, 0) is 40.5 Å². The molecule has 2 atom stereocenters. The Labute approximate surface area is 159 Å². The number of aliphatic hydroxyl groups is 1. The number of nitrogens with one attached hydrogen (secondary N) is 2. The maximum Gasteiger partial charge on any atom is 0.156 e. The lowest BCUT2D eigenvalue weighted by molar-refractivity contribution is 0.211. The van der Waals surface area contributed by atoms with Crippen LogP contribution in [0.2, 0.25) is 0 Å². The van der Waals surface area contributed by atoms with E-state index >= 15 is 0 Å². The molecular formula is C17H16BrF2N3O2S. The van der Waals surface area contributed by atoms with Gasteiger partial charge in [-0.15, -0.1) is 0 Å². The highest BCUT2D eigenvalue weighted by atomic mass is 79.9. The maximum atomic E-state index is 14.8. The van der Waals surface area contributed by atoms with Gasteiger partial charge >= 0.3 is 0 Å². The van der Waals surface area contributed by atoms with Crippen LogP contribution < -0.4 is 4.72 Å². The zero-order chi connectivity index (χ0) is 18.8. The zero-order valence-electron chi connectivity index (χ0n) is 13.7. The first-order valence-corrected chi connectivity index (χ1v) is 9.97. The van der Waals surface area contributed by atoms with E-state index in [0.717, 1.165) is 6.07 Å². The monoisotopic (exact) mass is 443 g/mol. The van der Waals surface area contributed by atoms with Crippen LogP contribution in [0.1, 0.15) is 30.6 Å². The van der Waals surface area contributed by atoms with Crippen LogP contribution in [0.5, 0.6) is 0 Å². The van der Waals surface area contributed by atoms with E-state index < -0.39 is 34.3 Å². The molecule has 26 heavy (non-hydrogen) atoms. The summed E-state index contributed by atoms with van der Waals surface area (Å²) in [5, 5.41) is 11.2. The van der Waals surface area contributed by atoms with Crippen molar-refractivity contribution in [1.82, 2.24) is 9.97 Å². The van der Waals surface area contributed by atoms with Gasteiger partial charge in [0, 0.05) is 33.6 Å². The van der Waals surface area contributed by atoms with E-state index in [1.807, 2.05) is 6.92 Å². The van der Waals surface area contributed by atoms with Gasteiger partial charge in [-0.2, -0.15) is 0 Å². The minimum absolute atomic E-state index is 0.119. The highest BCUT2D eigenvalue weighted by Crippen LogP contribution is 2.34. The molecular weight excluding hydrogens is 428 g/mol. The van der Waals surface area contributed by atoms with Gasteiger partial charge in [0.2, 0.25) is 0 Å². The molecule has 3 N–H and O–H groups in total. The molecule has 9 heteroatoms. The second-order valence-corrected chi connectivity index (χ2v) is 7.89. The smallest absolute Gasteiger partial charge is 0.156 e. The van der Waals surface area contributed by atoms with Crippen molar-refractivity contribution in [2.24, 2.45) is 0 Å². The van der Waals surface area contributed by atoms with E-state index in [1.165, 1.54) is 12.3 Å². The number of nitrogens with zero attached hydrogens (tertiary/aromatic N) is 1. The summed E-state index contributed by atoms with van der Waals surface area (Å²) in [5.41, 5.74) is 0.149. The number of rotatable bonds is 6. The normalized spacial score (nSPS) is 13.7. The number of aromatic amines is 1. The Morgan fingerprint density at radius 1 is 1.42 bits per heavy atom. The fourth-order valence-corrected chi connectivity index (χ4v) is 3.84. The topological polar surface area (TPSA) is 78.0 Å². The van der Waals surface area contributed by atoms with Crippen molar-refractivity contribution in [2.75, 3.05) is 10.5 Å². The molecule has 0 aliphatic rings. The number of anilines is 1. The molecule has 2 heterocycles. The number of hydrogen-bond donors (Lipinski definition) is 3. The summed E-state index contributed by atoms with van der Waals surface area (Å²) in [6.07, 6.45) is 2.13. The van der Waals surface area contributed by atoms with E-state index in [4.69, 9.17) is 0 Å². The quantitative estimate of drug-likeness (QED) is 0.534. The van der Waals surface area contributed by atoms with Gasteiger partial charge in [-0.25, -0.2) is 18.0 Å². The van der Waals surface area contributed by atoms with Gasteiger partial charge in [0.15, 0.2) is 5.82 Å². The summed E-state index contributed by atoms with van der Waals surface area (Å²) in [6, 6.07) is 3.91. The number of halogens is 3. The standard InChI is InChI=1S/C17H16BrF2N3O2S/c1-2-5-26(25)23-13-4-3-12(19)14(15(13)20)16(24)11-8-22-17-10(11)6-9(18)7-21-17/h3-4,6-8,16,23-24H,2,5H2,1H3,(H,21,22). The predicted octanol–water partition coefficient (Wildman–Crippen LogP) is 4.17. The number of aromatic nitrogens is 2. The lowest BCUT2D eigenvalue weighted by Gasteiger charge is -2.15. The van der Waals surface area contributed by atoms with Gasteiger partial charge in [0.1, 0.15) is 28.6 Å². The van der Waals surface area contributed by atoms with Crippen molar-refractivity contribution < 1.29 is 18.1 Å². The third-order valence-electron chi connectivity index (χ3n) is 3.84. The molecule has 0 bridgehead atoms. The van der Waals surface area contributed by atoms with Gasteiger partial charge in [-0.3, -0.25) is 0 Å². The molecule has 1 aromatic carbocycles. The van der Waals surface area contributed by atoms with Gasteiger partial charge in [0.05, 0.1) is 11.3 Å². The second-order valence-electron chi connectivity index (χ2n) is 5.67. The van der Waals surface area contributed by atoms with Crippen LogP contribution in [0.25, 0.3) is 11.0 Å². The molecule has 0 amide bonds. The van der Waals surface area contributed by atoms with Crippen LogP contribution in [0, 0.1) is 11.6 Å². The number of H-pyrrole nitrogens is 1. The van der Waals surface area contributed by atoms with Crippen LogP contribution in [0.3, 0.4) is 0 Å². The van der Waals surface area contributed by atoms with E-state index in [2.05, 4.69) is 30.6 Å². The summed E-state index contributed by atoms with van der Waals surface area (Å²) >= 11 is 3.29. The Hall–Kier alpha value is -1.84. The Morgan fingerprint density at radius 3 is 2.92 bits per heavy atom. The van der Waals surface area contributed by atoms with Crippen LogP contribution >= 0.6 is 15.9 Å². The summed E-state index contributed by atoms with van der Waals surface area (Å²) < 4.78 is 44.1. The molecule has 5 nitrogen and oxygen atoms in total. The molecule has 2 aromatic heterocycles. The van der Waals surface area contributed by atoms with Crippen LogP contribution in [0.15, 0.2) is 35.1 Å². The molecule has 2 unspecified atom stereocenters. The summed E-state index contributed by atoms with van der Waals surface area (Å²) in [6.45, 7) is 1.85. The summed E-state index contributed by atoms with van der Waals surface area (Å²) in [4.78, 5) is 7.01. The van der Waals surface area contributed by atoms with Gasteiger partial charge in [-0.1, -0.05) is 6.92 Å². The first-order chi connectivity index (χ1) is 12.4. The predicted molar refractivity (Wildman–Crippen MR) is 101 cm³/mol. The van der Waals surface area contributed by atoms with Gasteiger partial charge in [0.25, 0.3) is 0 Å². The lowest BCUT2D eigenvalue weighted by Crippen LogP contribution is -2.12. The Morgan fingerprint density at radius 2 is 2.19 bits per heavy atom.